The number of rotatable bonds is 5. The lowest BCUT2D eigenvalue weighted by atomic mass is 10.0. The Morgan fingerprint density at radius 2 is 2.04 bits per heavy atom. The molecule has 3 rings (SSSR count). The number of hydrogen-bond donors (Lipinski definition) is 0. The number of carbonyl (C=O) groups is 1. The maximum absolute atomic E-state index is 13.9. The molecular weight excluding hydrogens is 378 g/mol. The molecule has 0 N–H and O–H groups in total. The van der Waals surface area contributed by atoms with Crippen molar-refractivity contribution in [1.82, 2.24) is 4.90 Å². The normalized spacial score (nSPS) is 16.2. The summed E-state index contributed by atoms with van der Waals surface area (Å²) in [6.45, 7) is 2.60. The van der Waals surface area contributed by atoms with Crippen LogP contribution in [0.2, 0.25) is 10.0 Å². The average molecular weight is 395 g/mol. The van der Waals surface area contributed by atoms with Crippen LogP contribution in [0.5, 0.6) is 0 Å². The predicted molar refractivity (Wildman–Crippen MR) is 100 cm³/mol. The third kappa shape index (κ3) is 4.00. The minimum Gasteiger partial charge on any atom is -0.390 e. The van der Waals surface area contributed by atoms with Gasteiger partial charge in [-0.25, -0.2) is 4.39 Å². The molecule has 1 atom stereocenters. The number of oxime groups is 1. The second kappa shape index (κ2) is 8.06. The first-order valence-corrected chi connectivity index (χ1v) is 8.97. The zero-order valence-corrected chi connectivity index (χ0v) is 15.6. The number of nitrogens with zero attached hydrogens (tertiary/aromatic N) is 2. The largest absolute Gasteiger partial charge is 0.390 e. The van der Waals surface area contributed by atoms with Gasteiger partial charge < -0.3 is 9.74 Å². The zero-order chi connectivity index (χ0) is 18.7. The van der Waals surface area contributed by atoms with E-state index < -0.39 is 5.82 Å². The van der Waals surface area contributed by atoms with Crippen LogP contribution in [-0.2, 0) is 4.84 Å². The van der Waals surface area contributed by atoms with Crippen LogP contribution < -0.4 is 0 Å². The molecule has 1 aliphatic heterocycles. The van der Waals surface area contributed by atoms with Gasteiger partial charge in [-0.3, -0.25) is 4.79 Å². The van der Waals surface area contributed by atoms with E-state index in [-0.39, 0.29) is 17.6 Å². The van der Waals surface area contributed by atoms with E-state index in [1.807, 2.05) is 13.0 Å². The third-order valence-electron chi connectivity index (χ3n) is 4.18. The summed E-state index contributed by atoms with van der Waals surface area (Å²) in [5.74, 6) is -0.895. The minimum atomic E-state index is -0.531. The molecule has 0 radical (unpaired) electrons. The Bertz CT molecular complexity index is 857. The molecule has 0 aliphatic carbocycles. The van der Waals surface area contributed by atoms with Gasteiger partial charge in [0.1, 0.15) is 5.82 Å². The van der Waals surface area contributed by atoms with Crippen molar-refractivity contribution in [1.29, 1.82) is 0 Å². The Kier molecular flexibility index (Phi) is 5.79. The van der Waals surface area contributed by atoms with Gasteiger partial charge in [-0.1, -0.05) is 46.6 Å². The molecule has 4 nitrogen and oxygen atoms in total. The molecule has 0 aromatic heterocycles. The number of hydrogen-bond acceptors (Lipinski definition) is 3. The molecule has 0 spiro atoms. The number of carbonyl (C=O) groups excluding carboxylic acids is 1. The van der Waals surface area contributed by atoms with Crippen molar-refractivity contribution in [2.75, 3.05) is 13.1 Å². The van der Waals surface area contributed by atoms with Gasteiger partial charge in [0.25, 0.3) is 5.91 Å². The van der Waals surface area contributed by atoms with Crippen LogP contribution in [-0.4, -0.2) is 35.7 Å². The van der Waals surface area contributed by atoms with Crippen LogP contribution >= 0.6 is 23.2 Å². The number of benzene rings is 2. The molecule has 2 aromatic carbocycles. The maximum atomic E-state index is 13.9. The van der Waals surface area contributed by atoms with E-state index in [9.17, 15) is 9.18 Å². The maximum Gasteiger partial charge on any atom is 0.256 e. The van der Waals surface area contributed by atoms with Crippen LogP contribution in [0.3, 0.4) is 0 Å². The van der Waals surface area contributed by atoms with Gasteiger partial charge in [0, 0.05) is 18.5 Å². The standard InChI is InChI=1S/C19H17Cl2FN2O2/c1-2-24(19(25)14-5-3-4-6-17(14)22)11-13-10-18(23-26-13)12-7-8-15(20)16(21)9-12/h3-9,13H,2,10-11H2,1H3. The predicted octanol–water partition coefficient (Wildman–Crippen LogP) is 4.79. The summed E-state index contributed by atoms with van der Waals surface area (Å²) in [6, 6.07) is 11.2. The van der Waals surface area contributed by atoms with Crippen LogP contribution in [0.25, 0.3) is 0 Å². The molecular formula is C19H17Cl2FN2O2. The highest BCUT2D eigenvalue weighted by Gasteiger charge is 2.27. The molecule has 1 amide bonds. The number of halogens is 3. The summed E-state index contributed by atoms with van der Waals surface area (Å²) in [5.41, 5.74) is 1.62. The molecule has 1 heterocycles. The average Bonchev–Trinajstić information content (AvgIpc) is 3.10. The Morgan fingerprint density at radius 1 is 1.27 bits per heavy atom. The smallest absolute Gasteiger partial charge is 0.256 e. The van der Waals surface area contributed by atoms with Crippen molar-refractivity contribution in [2.24, 2.45) is 5.16 Å². The highest BCUT2D eigenvalue weighted by atomic mass is 35.5. The van der Waals surface area contributed by atoms with Crippen molar-refractivity contribution in [2.45, 2.75) is 19.4 Å². The lowest BCUT2D eigenvalue weighted by Crippen LogP contribution is -2.38. The van der Waals surface area contributed by atoms with E-state index in [2.05, 4.69) is 5.16 Å². The Balaban J connectivity index is 1.67. The summed E-state index contributed by atoms with van der Waals surface area (Å²) in [4.78, 5) is 19.6. The minimum absolute atomic E-state index is 0.0537. The summed E-state index contributed by atoms with van der Waals surface area (Å²) in [5, 5.41) is 5.01. The van der Waals surface area contributed by atoms with Crippen molar-refractivity contribution in [3.8, 4) is 0 Å². The van der Waals surface area contributed by atoms with E-state index >= 15 is 0 Å². The van der Waals surface area contributed by atoms with E-state index in [0.29, 0.717) is 29.6 Å². The molecule has 2 aromatic rings. The Hall–Kier alpha value is -2.11. The topological polar surface area (TPSA) is 41.9 Å². The first-order valence-electron chi connectivity index (χ1n) is 8.21. The van der Waals surface area contributed by atoms with Crippen LogP contribution in [0.1, 0.15) is 29.3 Å². The second-order valence-corrected chi connectivity index (χ2v) is 6.74. The van der Waals surface area contributed by atoms with E-state index in [1.165, 1.54) is 12.1 Å². The molecule has 0 saturated carbocycles. The molecule has 1 unspecified atom stereocenters. The molecule has 0 fully saturated rings. The number of likely N-dealkylation sites (N-methyl/N-ethyl adjacent to an activating group) is 1. The van der Waals surface area contributed by atoms with Crippen molar-refractivity contribution >= 4 is 34.8 Å². The SMILES string of the molecule is CCN(CC1CC(c2ccc(Cl)c(Cl)c2)=NO1)C(=O)c1ccccc1F. The van der Waals surface area contributed by atoms with Gasteiger partial charge in [-0.15, -0.1) is 0 Å². The fraction of sp³-hybridized carbons (Fsp3) is 0.263. The lowest BCUT2D eigenvalue weighted by molar-refractivity contribution is 0.0433. The lowest BCUT2D eigenvalue weighted by Gasteiger charge is -2.23. The van der Waals surface area contributed by atoms with E-state index in [4.69, 9.17) is 28.0 Å². The summed E-state index contributed by atoms with van der Waals surface area (Å²) < 4.78 is 13.9. The Morgan fingerprint density at radius 3 is 2.73 bits per heavy atom. The first-order chi connectivity index (χ1) is 12.5. The van der Waals surface area contributed by atoms with Gasteiger partial charge in [0.05, 0.1) is 27.9 Å². The fourth-order valence-corrected chi connectivity index (χ4v) is 3.08. The molecule has 0 saturated heterocycles. The zero-order valence-electron chi connectivity index (χ0n) is 14.1. The molecule has 136 valence electrons. The van der Waals surface area contributed by atoms with Gasteiger partial charge in [0.15, 0.2) is 6.10 Å². The number of amides is 1. The van der Waals surface area contributed by atoms with Gasteiger partial charge >= 0.3 is 0 Å². The quantitative estimate of drug-likeness (QED) is 0.731. The highest BCUT2D eigenvalue weighted by molar-refractivity contribution is 6.42. The summed E-state index contributed by atoms with van der Waals surface area (Å²) >= 11 is 12.0. The summed E-state index contributed by atoms with van der Waals surface area (Å²) in [6.07, 6.45) is 0.231. The van der Waals surface area contributed by atoms with Crippen molar-refractivity contribution in [3.05, 3.63) is 69.5 Å². The monoisotopic (exact) mass is 394 g/mol. The fourth-order valence-electron chi connectivity index (χ4n) is 2.78. The van der Waals surface area contributed by atoms with E-state index in [0.717, 1.165) is 11.3 Å². The Labute approximate surface area is 161 Å². The van der Waals surface area contributed by atoms with E-state index in [1.54, 1.807) is 29.2 Å². The van der Waals surface area contributed by atoms with Crippen LogP contribution in [0, 0.1) is 5.82 Å². The molecule has 7 heteroatoms. The van der Waals surface area contributed by atoms with Gasteiger partial charge in [-0.2, -0.15) is 0 Å². The third-order valence-corrected chi connectivity index (χ3v) is 4.92. The molecule has 26 heavy (non-hydrogen) atoms. The second-order valence-electron chi connectivity index (χ2n) is 5.92. The van der Waals surface area contributed by atoms with Crippen LogP contribution in [0.4, 0.5) is 4.39 Å². The summed E-state index contributed by atoms with van der Waals surface area (Å²) in [7, 11) is 0. The highest BCUT2D eigenvalue weighted by Crippen LogP contribution is 2.26. The van der Waals surface area contributed by atoms with Gasteiger partial charge in [0.2, 0.25) is 0 Å². The van der Waals surface area contributed by atoms with Gasteiger partial charge in [-0.05, 0) is 31.2 Å². The molecule has 0 bridgehead atoms. The van der Waals surface area contributed by atoms with Crippen molar-refractivity contribution < 1.29 is 14.0 Å². The first kappa shape index (κ1) is 18.7. The van der Waals surface area contributed by atoms with Crippen LogP contribution in [0.15, 0.2) is 47.6 Å². The molecule has 1 aliphatic rings. The van der Waals surface area contributed by atoms with Crippen molar-refractivity contribution in [3.63, 3.8) is 0 Å².